The first-order valence-electron chi connectivity index (χ1n) is 14.9. The van der Waals surface area contributed by atoms with Crippen LogP contribution in [0.4, 0.5) is 16.4 Å². The van der Waals surface area contributed by atoms with E-state index in [9.17, 15) is 9.59 Å². The molecule has 0 unspecified atom stereocenters. The molecule has 4 rings (SSSR count). The van der Waals surface area contributed by atoms with Crippen molar-refractivity contribution in [1.29, 1.82) is 0 Å². The van der Waals surface area contributed by atoms with E-state index < -0.39 is 11.5 Å². The number of ether oxygens (including phenoxy) is 5. The van der Waals surface area contributed by atoms with E-state index in [1.54, 1.807) is 37.6 Å². The molecule has 0 saturated carbocycles. The molecule has 0 fully saturated rings. The van der Waals surface area contributed by atoms with Crippen molar-refractivity contribution in [2.75, 3.05) is 52.0 Å². The Balaban J connectivity index is 1.49. The van der Waals surface area contributed by atoms with Gasteiger partial charge in [0.15, 0.2) is 0 Å². The second kappa shape index (κ2) is 16.4. The van der Waals surface area contributed by atoms with E-state index in [0.29, 0.717) is 78.7 Å². The first kappa shape index (κ1) is 34.6. The molecule has 3 aromatic carbocycles. The highest BCUT2D eigenvalue weighted by Gasteiger charge is 2.25. The molecular weight excluding hydrogens is 602 g/mol. The van der Waals surface area contributed by atoms with Crippen LogP contribution >= 0.6 is 0 Å². The number of fused-ring (bicyclic) bond motifs is 1. The quantitative estimate of drug-likeness (QED) is 0.115. The lowest BCUT2D eigenvalue weighted by atomic mass is 9.84. The summed E-state index contributed by atoms with van der Waals surface area (Å²) >= 11 is 0. The fourth-order valence-corrected chi connectivity index (χ4v) is 4.59. The van der Waals surface area contributed by atoms with Gasteiger partial charge in [-0.05, 0) is 29.7 Å². The van der Waals surface area contributed by atoms with E-state index in [0.717, 1.165) is 5.56 Å². The Kier molecular flexibility index (Phi) is 12.1. The van der Waals surface area contributed by atoms with E-state index in [2.05, 4.69) is 26.5 Å². The summed E-state index contributed by atoms with van der Waals surface area (Å²) in [6.07, 6.45) is 6.32. The largest absolute Gasteiger partial charge is 0.438 e. The first-order valence-corrected chi connectivity index (χ1v) is 14.9. The van der Waals surface area contributed by atoms with E-state index in [1.807, 2.05) is 51.1 Å². The molecule has 0 spiro atoms. The van der Waals surface area contributed by atoms with Crippen LogP contribution in [-0.2, 0) is 19.6 Å². The molecule has 12 heteroatoms. The van der Waals surface area contributed by atoms with Crippen molar-refractivity contribution >= 4 is 34.4 Å². The number of nitrogens with one attached hydrogen (secondary N) is 2. The van der Waals surface area contributed by atoms with Crippen molar-refractivity contribution in [3.05, 3.63) is 77.5 Å². The van der Waals surface area contributed by atoms with Gasteiger partial charge in [0.1, 0.15) is 11.5 Å². The summed E-state index contributed by atoms with van der Waals surface area (Å²) in [6.45, 7) is 8.50. The molecule has 1 aromatic heterocycles. The third-order valence-electron chi connectivity index (χ3n) is 6.77. The van der Waals surface area contributed by atoms with Crippen LogP contribution in [-0.4, -0.2) is 68.7 Å². The van der Waals surface area contributed by atoms with Gasteiger partial charge in [0.05, 0.1) is 33.0 Å². The SMILES string of the molecule is C#Cc1cc(Nc2nccc(Oc3cc(C(C)(C)C)c(OC(N)=O)c4ccccc34)n2)cc(C(=O)NCCOCCOCCOC)c1. The summed E-state index contributed by atoms with van der Waals surface area (Å²) in [5.41, 5.74) is 7.09. The number of nitrogens with zero attached hydrogens (tertiary/aromatic N) is 2. The molecule has 0 aliphatic carbocycles. The highest BCUT2D eigenvalue weighted by molar-refractivity contribution is 5.97. The Hall–Kier alpha value is -5.22. The summed E-state index contributed by atoms with van der Waals surface area (Å²) in [6, 6.07) is 15.8. The summed E-state index contributed by atoms with van der Waals surface area (Å²) in [7, 11) is 1.61. The maximum absolute atomic E-state index is 12.9. The molecule has 0 aliphatic rings. The van der Waals surface area contributed by atoms with E-state index in [4.69, 9.17) is 35.8 Å². The number of carbonyl (C=O) groups excluding carboxylic acids is 2. The minimum atomic E-state index is -0.903. The Bertz CT molecular complexity index is 1750. The number of terminal acetylenes is 1. The number of hydrogen-bond acceptors (Lipinski definition) is 10. The number of amides is 2. The molecule has 47 heavy (non-hydrogen) atoms. The maximum atomic E-state index is 12.9. The third-order valence-corrected chi connectivity index (χ3v) is 6.77. The standard InChI is InChI=1S/C35H39N5O7/c1-6-23-19-24(32(41)37-13-14-44-17-18-45-16-15-43-5)21-25(20-23)39-34-38-12-11-30(40-34)46-29-22-28(35(2,3)4)31(47-33(36)42)27-10-8-7-9-26(27)29/h1,7-12,19-22H,13-18H2,2-5H3,(H2,36,42)(H,37,41)(H,38,39,40). The van der Waals surface area contributed by atoms with Crippen LogP contribution in [0.15, 0.2) is 60.8 Å². The van der Waals surface area contributed by atoms with Crippen molar-refractivity contribution in [2.24, 2.45) is 5.73 Å². The number of aromatic nitrogens is 2. The molecule has 0 radical (unpaired) electrons. The number of nitrogens with two attached hydrogens (primary N) is 1. The zero-order valence-corrected chi connectivity index (χ0v) is 26.9. The summed E-state index contributed by atoms with van der Waals surface area (Å²) in [5, 5.41) is 7.30. The van der Waals surface area contributed by atoms with Gasteiger partial charge < -0.3 is 40.1 Å². The number of primary amides is 1. The fourth-order valence-electron chi connectivity index (χ4n) is 4.59. The summed E-state index contributed by atoms with van der Waals surface area (Å²) < 4.78 is 27.5. The molecule has 2 amide bonds. The molecule has 0 saturated heterocycles. The normalized spacial score (nSPS) is 11.1. The van der Waals surface area contributed by atoms with Gasteiger partial charge in [0.25, 0.3) is 5.91 Å². The lowest BCUT2D eigenvalue weighted by Crippen LogP contribution is -2.27. The second-order valence-electron chi connectivity index (χ2n) is 11.3. The van der Waals surface area contributed by atoms with Gasteiger partial charge >= 0.3 is 6.09 Å². The highest BCUT2D eigenvalue weighted by atomic mass is 16.6. The van der Waals surface area contributed by atoms with Crippen LogP contribution in [0.2, 0.25) is 0 Å². The van der Waals surface area contributed by atoms with Crippen LogP contribution in [0.25, 0.3) is 10.8 Å². The monoisotopic (exact) mass is 641 g/mol. The average Bonchev–Trinajstić information content (AvgIpc) is 3.04. The molecule has 246 valence electrons. The van der Waals surface area contributed by atoms with Gasteiger partial charge in [0, 0.05) is 59.1 Å². The van der Waals surface area contributed by atoms with Crippen LogP contribution < -0.4 is 25.8 Å². The molecule has 4 aromatic rings. The lowest BCUT2D eigenvalue weighted by molar-refractivity contribution is 0.0255. The number of benzene rings is 3. The van der Waals surface area contributed by atoms with Gasteiger partial charge in [-0.15, -0.1) is 6.42 Å². The predicted octanol–water partition coefficient (Wildman–Crippen LogP) is 5.31. The van der Waals surface area contributed by atoms with Crippen molar-refractivity contribution in [3.8, 4) is 29.7 Å². The van der Waals surface area contributed by atoms with Gasteiger partial charge in [0.2, 0.25) is 11.8 Å². The minimum absolute atomic E-state index is 0.221. The predicted molar refractivity (Wildman–Crippen MR) is 178 cm³/mol. The minimum Gasteiger partial charge on any atom is -0.438 e. The Morgan fingerprint density at radius 1 is 0.957 bits per heavy atom. The molecule has 0 aliphatic heterocycles. The summed E-state index contributed by atoms with van der Waals surface area (Å²) in [4.78, 5) is 33.5. The van der Waals surface area contributed by atoms with Crippen molar-refractivity contribution in [1.82, 2.24) is 15.3 Å². The van der Waals surface area contributed by atoms with E-state index in [1.165, 1.54) is 0 Å². The Morgan fingerprint density at radius 2 is 1.68 bits per heavy atom. The second-order valence-corrected chi connectivity index (χ2v) is 11.3. The number of methoxy groups -OCH3 is 1. The first-order chi connectivity index (χ1) is 22.6. The van der Waals surface area contributed by atoms with Crippen molar-refractivity contribution in [2.45, 2.75) is 26.2 Å². The number of rotatable bonds is 15. The van der Waals surface area contributed by atoms with Gasteiger partial charge in [-0.2, -0.15) is 4.98 Å². The zero-order chi connectivity index (χ0) is 33.8. The molecule has 4 N–H and O–H groups in total. The van der Waals surface area contributed by atoms with Gasteiger partial charge in [-0.25, -0.2) is 9.78 Å². The number of anilines is 2. The number of hydrogen-bond donors (Lipinski definition) is 3. The van der Waals surface area contributed by atoms with Gasteiger partial charge in [-0.1, -0.05) is 51.0 Å². The van der Waals surface area contributed by atoms with Crippen molar-refractivity contribution < 1.29 is 33.3 Å². The summed E-state index contributed by atoms with van der Waals surface area (Å²) in [5.74, 6) is 3.62. The molecular formula is C35H39N5O7. The molecule has 1 heterocycles. The fraction of sp³-hybridized carbons (Fsp3) is 0.314. The van der Waals surface area contributed by atoms with Crippen LogP contribution in [0.3, 0.4) is 0 Å². The van der Waals surface area contributed by atoms with E-state index in [-0.39, 0.29) is 17.7 Å². The molecule has 0 bridgehead atoms. The molecule has 12 nitrogen and oxygen atoms in total. The van der Waals surface area contributed by atoms with Crippen LogP contribution in [0.1, 0.15) is 42.3 Å². The maximum Gasteiger partial charge on any atom is 0.409 e. The Morgan fingerprint density at radius 3 is 2.38 bits per heavy atom. The van der Waals surface area contributed by atoms with Crippen LogP contribution in [0.5, 0.6) is 17.4 Å². The van der Waals surface area contributed by atoms with Crippen molar-refractivity contribution in [3.63, 3.8) is 0 Å². The Labute approximate surface area is 273 Å². The smallest absolute Gasteiger partial charge is 0.409 e. The van der Waals surface area contributed by atoms with E-state index >= 15 is 0 Å². The zero-order valence-electron chi connectivity index (χ0n) is 26.9. The molecule has 0 atom stereocenters. The highest BCUT2D eigenvalue weighted by Crippen LogP contribution is 2.43. The average molecular weight is 642 g/mol. The topological polar surface area (TPSA) is 156 Å². The third kappa shape index (κ3) is 9.88. The van der Waals surface area contributed by atoms with Crippen LogP contribution in [0, 0.1) is 12.3 Å². The van der Waals surface area contributed by atoms with Gasteiger partial charge in [-0.3, -0.25) is 4.79 Å². The lowest BCUT2D eigenvalue weighted by Gasteiger charge is -2.24. The number of carbonyl (C=O) groups is 2.